The molecule has 1 aliphatic heterocycles. The number of nitrogen functional groups attached to an aromatic ring is 1. The largest absolute Gasteiger partial charge is 0.394 e. The van der Waals surface area contributed by atoms with Gasteiger partial charge in [0.25, 0.3) is 0 Å². The van der Waals surface area contributed by atoms with Crippen LogP contribution in [-0.4, -0.2) is 44.2 Å². The average Bonchev–Trinajstić information content (AvgIpc) is 2.52. The second kappa shape index (κ2) is 4.30. The van der Waals surface area contributed by atoms with E-state index in [4.69, 9.17) is 15.6 Å². The standard InChI is InChI=1S/C10H14FN3O4/c1-10(11)7(16)5(4-15)18-8(10)14-3-2-6(12)13-9(14)17/h2-3,5,7-8,15-16H,4H2,1H3,(H2,12,13,17)/t5-,7?,8-,10?/m0/s1. The van der Waals surface area contributed by atoms with Crippen LogP contribution < -0.4 is 11.4 Å². The molecule has 2 rings (SSSR count). The molecule has 4 atom stereocenters. The zero-order chi connectivity index (χ0) is 13.5. The van der Waals surface area contributed by atoms with E-state index < -0.39 is 36.4 Å². The fourth-order valence-corrected chi connectivity index (χ4v) is 1.97. The number of rotatable bonds is 2. The molecule has 1 saturated heterocycles. The number of halogens is 1. The zero-order valence-electron chi connectivity index (χ0n) is 9.65. The lowest BCUT2D eigenvalue weighted by atomic mass is 9.98. The van der Waals surface area contributed by atoms with Gasteiger partial charge < -0.3 is 20.7 Å². The van der Waals surface area contributed by atoms with Gasteiger partial charge >= 0.3 is 5.69 Å². The molecular weight excluding hydrogens is 245 g/mol. The van der Waals surface area contributed by atoms with Gasteiger partial charge in [0.2, 0.25) is 0 Å². The Balaban J connectivity index is 2.42. The summed E-state index contributed by atoms with van der Waals surface area (Å²) in [5.74, 6) is 0.00839. The van der Waals surface area contributed by atoms with Crippen LogP contribution in [0.15, 0.2) is 17.1 Å². The first-order valence-electron chi connectivity index (χ1n) is 5.36. The summed E-state index contributed by atoms with van der Waals surface area (Å²) >= 11 is 0. The zero-order valence-corrected chi connectivity index (χ0v) is 9.65. The van der Waals surface area contributed by atoms with Crippen molar-refractivity contribution in [1.82, 2.24) is 9.55 Å². The molecule has 0 bridgehead atoms. The van der Waals surface area contributed by atoms with Crippen LogP contribution in [0.3, 0.4) is 0 Å². The van der Waals surface area contributed by atoms with Gasteiger partial charge in [0.15, 0.2) is 11.9 Å². The molecule has 2 heterocycles. The molecule has 100 valence electrons. The number of alkyl halides is 1. The van der Waals surface area contributed by atoms with Crippen LogP contribution in [0.5, 0.6) is 0 Å². The Morgan fingerprint density at radius 1 is 1.72 bits per heavy atom. The van der Waals surface area contributed by atoms with Crippen molar-refractivity contribution in [3.63, 3.8) is 0 Å². The van der Waals surface area contributed by atoms with E-state index in [0.29, 0.717) is 0 Å². The molecule has 7 nitrogen and oxygen atoms in total. The van der Waals surface area contributed by atoms with Crippen LogP contribution in [0, 0.1) is 0 Å². The lowest BCUT2D eigenvalue weighted by Crippen LogP contribution is -2.42. The molecule has 2 unspecified atom stereocenters. The third-order valence-electron chi connectivity index (χ3n) is 3.00. The third-order valence-corrected chi connectivity index (χ3v) is 3.00. The van der Waals surface area contributed by atoms with Crippen molar-refractivity contribution in [2.45, 2.75) is 31.0 Å². The molecule has 0 spiro atoms. The van der Waals surface area contributed by atoms with E-state index >= 15 is 0 Å². The van der Waals surface area contributed by atoms with Crippen LogP contribution in [-0.2, 0) is 4.74 Å². The highest BCUT2D eigenvalue weighted by Crippen LogP contribution is 2.40. The van der Waals surface area contributed by atoms with Crippen molar-refractivity contribution >= 4 is 5.82 Å². The van der Waals surface area contributed by atoms with Gasteiger partial charge in [0.1, 0.15) is 18.0 Å². The minimum Gasteiger partial charge on any atom is -0.394 e. The van der Waals surface area contributed by atoms with E-state index in [9.17, 15) is 14.3 Å². The number of nitrogens with zero attached hydrogens (tertiary/aromatic N) is 2. The molecule has 0 radical (unpaired) electrons. The number of nitrogens with two attached hydrogens (primary N) is 1. The maximum atomic E-state index is 14.4. The summed E-state index contributed by atoms with van der Waals surface area (Å²) in [6.07, 6.45) is -2.74. The number of hydrogen-bond acceptors (Lipinski definition) is 6. The van der Waals surface area contributed by atoms with Crippen molar-refractivity contribution in [3.8, 4) is 0 Å². The Morgan fingerprint density at radius 3 is 2.89 bits per heavy atom. The highest BCUT2D eigenvalue weighted by molar-refractivity contribution is 5.23. The van der Waals surface area contributed by atoms with E-state index in [0.717, 1.165) is 11.5 Å². The predicted octanol–water partition coefficient (Wildman–Crippen LogP) is -1.20. The SMILES string of the molecule is CC1(F)C(O)[C@H](CO)O[C@@H]1n1ccc(N)nc1=O. The maximum absolute atomic E-state index is 14.4. The van der Waals surface area contributed by atoms with Crippen molar-refractivity contribution < 1.29 is 19.3 Å². The second-order valence-corrected chi connectivity index (χ2v) is 4.35. The van der Waals surface area contributed by atoms with Crippen LogP contribution in [0.1, 0.15) is 13.2 Å². The fraction of sp³-hybridized carbons (Fsp3) is 0.600. The highest BCUT2D eigenvalue weighted by atomic mass is 19.1. The Morgan fingerprint density at radius 2 is 2.39 bits per heavy atom. The number of aliphatic hydroxyl groups excluding tert-OH is 2. The summed E-state index contributed by atoms with van der Waals surface area (Å²) in [4.78, 5) is 15.1. The molecule has 0 aromatic carbocycles. The summed E-state index contributed by atoms with van der Waals surface area (Å²) in [5.41, 5.74) is 2.33. The third kappa shape index (κ3) is 1.88. The molecule has 0 aliphatic carbocycles. The van der Waals surface area contributed by atoms with Crippen molar-refractivity contribution in [1.29, 1.82) is 0 Å². The Hall–Kier alpha value is -1.51. The van der Waals surface area contributed by atoms with Gasteiger partial charge in [-0.3, -0.25) is 4.57 Å². The first kappa shape index (κ1) is 12.9. The van der Waals surface area contributed by atoms with Gasteiger partial charge in [-0.2, -0.15) is 4.98 Å². The van der Waals surface area contributed by atoms with E-state index in [1.54, 1.807) is 0 Å². The Labute approximate surface area is 102 Å². The molecular formula is C10H14FN3O4. The molecule has 1 aromatic rings. The normalized spacial score (nSPS) is 35.9. The molecule has 0 amide bonds. The number of aliphatic hydroxyl groups is 2. The molecule has 18 heavy (non-hydrogen) atoms. The number of hydrogen-bond donors (Lipinski definition) is 3. The van der Waals surface area contributed by atoms with Gasteiger partial charge in [-0.05, 0) is 13.0 Å². The Kier molecular flexibility index (Phi) is 3.09. The minimum absolute atomic E-state index is 0.00839. The second-order valence-electron chi connectivity index (χ2n) is 4.35. The first-order valence-corrected chi connectivity index (χ1v) is 5.36. The summed E-state index contributed by atoms with van der Waals surface area (Å²) in [7, 11) is 0. The summed E-state index contributed by atoms with van der Waals surface area (Å²) in [5, 5.41) is 18.6. The number of ether oxygens (including phenoxy) is 1. The monoisotopic (exact) mass is 259 g/mol. The van der Waals surface area contributed by atoms with Crippen molar-refractivity contribution in [2.24, 2.45) is 0 Å². The lowest BCUT2D eigenvalue weighted by Gasteiger charge is -2.24. The quantitative estimate of drug-likeness (QED) is 0.615. The number of aromatic nitrogens is 2. The van der Waals surface area contributed by atoms with E-state index in [2.05, 4.69) is 4.98 Å². The minimum atomic E-state index is -2.21. The van der Waals surface area contributed by atoms with Gasteiger partial charge in [-0.25, -0.2) is 9.18 Å². The van der Waals surface area contributed by atoms with Crippen LogP contribution in [0.4, 0.5) is 10.2 Å². The predicted molar refractivity (Wildman–Crippen MR) is 59.4 cm³/mol. The summed E-state index contributed by atoms with van der Waals surface area (Å²) in [6.45, 7) is 0.551. The molecule has 1 aliphatic rings. The topological polar surface area (TPSA) is 111 Å². The number of anilines is 1. The lowest BCUT2D eigenvalue weighted by molar-refractivity contribution is -0.0610. The Bertz CT molecular complexity index is 504. The van der Waals surface area contributed by atoms with Crippen LogP contribution >= 0.6 is 0 Å². The molecule has 0 saturated carbocycles. The van der Waals surface area contributed by atoms with Crippen molar-refractivity contribution in [3.05, 3.63) is 22.7 Å². The average molecular weight is 259 g/mol. The van der Waals surface area contributed by atoms with Gasteiger partial charge in [0.05, 0.1) is 6.61 Å². The summed E-state index contributed by atoms with van der Waals surface area (Å²) in [6, 6.07) is 1.32. The van der Waals surface area contributed by atoms with E-state index in [1.165, 1.54) is 12.3 Å². The first-order chi connectivity index (χ1) is 8.37. The molecule has 8 heteroatoms. The molecule has 1 aromatic heterocycles. The van der Waals surface area contributed by atoms with Gasteiger partial charge in [-0.15, -0.1) is 0 Å². The fourth-order valence-electron chi connectivity index (χ4n) is 1.97. The summed E-state index contributed by atoms with van der Waals surface area (Å²) < 4.78 is 20.4. The molecule has 4 N–H and O–H groups in total. The smallest absolute Gasteiger partial charge is 0.351 e. The highest BCUT2D eigenvalue weighted by Gasteiger charge is 2.55. The van der Waals surface area contributed by atoms with Gasteiger partial charge in [0, 0.05) is 6.20 Å². The van der Waals surface area contributed by atoms with E-state index in [-0.39, 0.29) is 5.82 Å². The van der Waals surface area contributed by atoms with Crippen LogP contribution in [0.2, 0.25) is 0 Å². The van der Waals surface area contributed by atoms with Crippen molar-refractivity contribution in [2.75, 3.05) is 12.3 Å². The molecule has 1 fully saturated rings. The van der Waals surface area contributed by atoms with Crippen LogP contribution in [0.25, 0.3) is 0 Å². The maximum Gasteiger partial charge on any atom is 0.351 e. The van der Waals surface area contributed by atoms with E-state index in [1.807, 2.05) is 0 Å². The van der Waals surface area contributed by atoms with Gasteiger partial charge in [-0.1, -0.05) is 0 Å².